The molecule has 1 atom stereocenters. The third-order valence-electron chi connectivity index (χ3n) is 5.44. The fourth-order valence-corrected chi connectivity index (χ4v) is 4.29. The minimum Gasteiger partial charge on any atom is -0.549 e. The van der Waals surface area contributed by atoms with E-state index in [1.807, 2.05) is 12.1 Å². The smallest absolute Gasteiger partial charge is 0.549 e. The summed E-state index contributed by atoms with van der Waals surface area (Å²) in [5, 5.41) is 15.4. The molecule has 0 saturated heterocycles. The van der Waals surface area contributed by atoms with Gasteiger partial charge in [-0.15, -0.1) is 0 Å². The maximum absolute atomic E-state index is 12.5. The molecule has 1 heterocycles. The number of hydrogen-bond acceptors (Lipinski definition) is 5. The van der Waals surface area contributed by atoms with E-state index in [0.717, 1.165) is 5.56 Å². The first-order chi connectivity index (χ1) is 16.3. The van der Waals surface area contributed by atoms with Gasteiger partial charge in [-0.2, -0.15) is 0 Å². The number of rotatable bonds is 7. The summed E-state index contributed by atoms with van der Waals surface area (Å²) >= 11 is 18.5. The summed E-state index contributed by atoms with van der Waals surface area (Å²) in [6.07, 6.45) is 0.867. The average Bonchev–Trinajstić information content (AvgIpc) is 2.82. The Morgan fingerprint density at radius 1 is 1.06 bits per heavy atom. The molecular weight excluding hydrogens is 524 g/mol. The molecule has 0 radical (unpaired) electrons. The van der Waals surface area contributed by atoms with Gasteiger partial charge < -0.3 is 24.7 Å². The van der Waals surface area contributed by atoms with Crippen LogP contribution >= 0.6 is 34.8 Å². The SMILES string of the molecule is O=C(NCCc1cccc(Cl)c1Cl)c1ccc(Oc2cc3c(cc2Cl)C(C(=O)[O-])CCO3)cc1.[Na+]. The van der Waals surface area contributed by atoms with Crippen LogP contribution in [0.3, 0.4) is 0 Å². The summed E-state index contributed by atoms with van der Waals surface area (Å²) in [5.74, 6) is -1.01. The molecule has 1 amide bonds. The Balaban J connectivity index is 0.00000342. The zero-order chi connectivity index (χ0) is 24.2. The largest absolute Gasteiger partial charge is 1.00 e. The van der Waals surface area contributed by atoms with Crippen molar-refractivity contribution in [3.05, 3.63) is 86.4 Å². The van der Waals surface area contributed by atoms with Crippen LogP contribution in [0, 0.1) is 0 Å². The molecular formula is C25H19Cl3NNaO5. The first-order valence-electron chi connectivity index (χ1n) is 10.5. The van der Waals surface area contributed by atoms with Crippen molar-refractivity contribution < 1.29 is 53.7 Å². The van der Waals surface area contributed by atoms with E-state index in [0.29, 0.717) is 57.8 Å². The molecule has 35 heavy (non-hydrogen) atoms. The molecule has 0 aromatic heterocycles. The number of carbonyl (C=O) groups is 2. The van der Waals surface area contributed by atoms with Crippen LogP contribution in [-0.2, 0) is 11.2 Å². The number of carboxylic acids is 1. The fraction of sp³-hybridized carbons (Fsp3) is 0.200. The number of carboxylic acid groups (broad SMARTS) is 1. The Labute approximate surface area is 239 Å². The Morgan fingerprint density at radius 3 is 2.51 bits per heavy atom. The minimum atomic E-state index is -1.17. The van der Waals surface area contributed by atoms with Crippen LogP contribution < -0.4 is 49.5 Å². The van der Waals surface area contributed by atoms with Crippen LogP contribution in [-0.4, -0.2) is 25.0 Å². The first-order valence-corrected chi connectivity index (χ1v) is 11.6. The molecule has 1 aliphatic rings. The summed E-state index contributed by atoms with van der Waals surface area (Å²) < 4.78 is 11.4. The number of halogens is 3. The summed E-state index contributed by atoms with van der Waals surface area (Å²) in [5.41, 5.74) is 1.78. The number of fused-ring (bicyclic) bond motifs is 1. The second-order valence-corrected chi connectivity index (χ2v) is 8.87. The van der Waals surface area contributed by atoms with Gasteiger partial charge in [-0.25, -0.2) is 0 Å². The number of carbonyl (C=O) groups excluding carboxylic acids is 2. The van der Waals surface area contributed by atoms with Gasteiger partial charge in [0.25, 0.3) is 5.91 Å². The fourth-order valence-electron chi connectivity index (χ4n) is 3.67. The molecule has 10 heteroatoms. The van der Waals surface area contributed by atoms with Crippen molar-refractivity contribution in [3.8, 4) is 17.2 Å². The van der Waals surface area contributed by atoms with Crippen molar-refractivity contribution >= 4 is 46.7 Å². The van der Waals surface area contributed by atoms with Gasteiger partial charge in [0.05, 0.1) is 21.7 Å². The molecule has 176 valence electrons. The van der Waals surface area contributed by atoms with E-state index in [2.05, 4.69) is 5.32 Å². The van der Waals surface area contributed by atoms with Crippen molar-refractivity contribution in [3.63, 3.8) is 0 Å². The number of benzene rings is 3. The van der Waals surface area contributed by atoms with Gasteiger partial charge >= 0.3 is 29.6 Å². The van der Waals surface area contributed by atoms with Crippen LogP contribution in [0.15, 0.2) is 54.6 Å². The molecule has 0 bridgehead atoms. The van der Waals surface area contributed by atoms with Gasteiger partial charge in [0.1, 0.15) is 17.2 Å². The molecule has 3 aromatic rings. The van der Waals surface area contributed by atoms with Gasteiger partial charge in [-0.05, 0) is 54.8 Å². The quantitative estimate of drug-likeness (QED) is 0.462. The Kier molecular flexibility index (Phi) is 9.76. The molecule has 0 saturated carbocycles. The van der Waals surface area contributed by atoms with E-state index >= 15 is 0 Å². The number of nitrogens with one attached hydrogen (secondary N) is 1. The maximum atomic E-state index is 12.5. The topological polar surface area (TPSA) is 87.7 Å². The third kappa shape index (κ3) is 6.64. The molecule has 1 aliphatic heterocycles. The molecule has 0 spiro atoms. The molecule has 6 nitrogen and oxygen atoms in total. The number of hydrogen-bond donors (Lipinski definition) is 1. The second kappa shape index (κ2) is 12.3. The van der Waals surface area contributed by atoms with Gasteiger partial charge in [0.2, 0.25) is 0 Å². The van der Waals surface area contributed by atoms with Crippen LogP contribution in [0.5, 0.6) is 17.2 Å². The van der Waals surface area contributed by atoms with Crippen LogP contribution in [0.2, 0.25) is 15.1 Å². The Morgan fingerprint density at radius 2 is 1.80 bits per heavy atom. The standard InChI is InChI=1S/C25H20Cl3NO5.Na/c26-19-3-1-2-14(23(19)28)8-10-29-24(30)15-4-6-16(7-5-15)34-22-13-21-18(12-20(22)27)17(25(31)32)9-11-33-21;/h1-7,12-13,17H,8-11H2,(H,29,30)(H,31,32);/q;+1/p-1. The molecule has 1 N–H and O–H groups in total. The van der Waals surface area contributed by atoms with Crippen molar-refractivity contribution in [2.75, 3.05) is 13.2 Å². The molecule has 0 aliphatic carbocycles. The van der Waals surface area contributed by atoms with E-state index in [9.17, 15) is 14.7 Å². The van der Waals surface area contributed by atoms with Crippen LogP contribution in [0.1, 0.15) is 33.8 Å². The second-order valence-electron chi connectivity index (χ2n) is 7.67. The van der Waals surface area contributed by atoms with Crippen molar-refractivity contribution in [1.29, 1.82) is 0 Å². The van der Waals surface area contributed by atoms with Crippen molar-refractivity contribution in [1.82, 2.24) is 5.32 Å². The van der Waals surface area contributed by atoms with Crippen molar-refractivity contribution in [2.45, 2.75) is 18.8 Å². The van der Waals surface area contributed by atoms with Gasteiger partial charge in [0.15, 0.2) is 0 Å². The number of amides is 1. The normalized spacial score (nSPS) is 14.2. The maximum Gasteiger partial charge on any atom is 1.00 e. The summed E-state index contributed by atoms with van der Waals surface area (Å²) in [6.45, 7) is 0.661. The van der Waals surface area contributed by atoms with Gasteiger partial charge in [-0.3, -0.25) is 4.79 Å². The Hall–Kier alpha value is -1.93. The predicted molar refractivity (Wildman–Crippen MR) is 128 cm³/mol. The van der Waals surface area contributed by atoms with Crippen LogP contribution in [0.4, 0.5) is 0 Å². The van der Waals surface area contributed by atoms with Gasteiger partial charge in [0, 0.05) is 35.6 Å². The summed E-state index contributed by atoms with van der Waals surface area (Å²) in [6, 6.07) is 15.0. The monoisotopic (exact) mass is 541 g/mol. The molecule has 1 unspecified atom stereocenters. The molecule has 0 fully saturated rings. The van der Waals surface area contributed by atoms with E-state index in [1.54, 1.807) is 36.4 Å². The average molecular weight is 543 g/mol. The molecule has 3 aromatic carbocycles. The number of aliphatic carboxylic acids is 1. The first kappa shape index (κ1) is 27.7. The van der Waals surface area contributed by atoms with E-state index in [4.69, 9.17) is 44.3 Å². The third-order valence-corrected chi connectivity index (χ3v) is 6.60. The Bertz CT molecular complexity index is 1240. The zero-order valence-electron chi connectivity index (χ0n) is 18.8. The number of ether oxygens (including phenoxy) is 2. The summed E-state index contributed by atoms with van der Waals surface area (Å²) in [7, 11) is 0. The van der Waals surface area contributed by atoms with Crippen LogP contribution in [0.25, 0.3) is 0 Å². The minimum absolute atomic E-state index is 0. The molecule has 4 rings (SSSR count). The van der Waals surface area contributed by atoms with E-state index in [1.165, 1.54) is 6.07 Å². The van der Waals surface area contributed by atoms with Crippen molar-refractivity contribution in [2.24, 2.45) is 0 Å². The van der Waals surface area contributed by atoms with E-state index < -0.39 is 11.9 Å². The summed E-state index contributed by atoms with van der Waals surface area (Å²) in [4.78, 5) is 23.8. The van der Waals surface area contributed by atoms with Gasteiger partial charge in [-0.1, -0.05) is 46.9 Å². The zero-order valence-corrected chi connectivity index (χ0v) is 23.0. The van der Waals surface area contributed by atoms with E-state index in [-0.39, 0.29) is 47.1 Å². The predicted octanol–water partition coefficient (Wildman–Crippen LogP) is 2.03.